The summed E-state index contributed by atoms with van der Waals surface area (Å²) in [7, 11) is 0. The number of nitrogens with zero attached hydrogens (tertiary/aromatic N) is 5. The molecule has 2 aromatic heterocycles. The molecular formula is C18H24N6O2. The Labute approximate surface area is 152 Å². The number of aryl methyl sites for hydroxylation is 2. The molecule has 1 atom stereocenters. The lowest BCUT2D eigenvalue weighted by molar-refractivity contribution is -0.119. The molecule has 0 aliphatic carbocycles. The molecule has 8 heteroatoms. The average Bonchev–Trinajstić information content (AvgIpc) is 3.16. The van der Waals surface area contributed by atoms with Gasteiger partial charge in [-0.05, 0) is 19.9 Å². The molecule has 0 spiro atoms. The molecule has 4 heterocycles. The maximum absolute atomic E-state index is 11.1. The van der Waals surface area contributed by atoms with Gasteiger partial charge in [0.15, 0.2) is 0 Å². The second kappa shape index (κ2) is 6.68. The van der Waals surface area contributed by atoms with Gasteiger partial charge in [0.1, 0.15) is 11.9 Å². The molecule has 0 saturated heterocycles. The minimum atomic E-state index is -0.0378. The maximum Gasteiger partial charge on any atom is 0.220 e. The molecule has 26 heavy (non-hydrogen) atoms. The van der Waals surface area contributed by atoms with E-state index in [0.717, 1.165) is 61.3 Å². The molecule has 0 bridgehead atoms. The second-order valence-corrected chi connectivity index (χ2v) is 7.08. The Bertz CT molecular complexity index is 846. The SMILES string of the molecule is CC(=O)NCc1cc2n(n1)CCN(CC1Cc3c(C)nc(C)nc3O1)C2. The molecule has 0 saturated carbocycles. The van der Waals surface area contributed by atoms with E-state index in [2.05, 4.69) is 31.3 Å². The highest BCUT2D eigenvalue weighted by Crippen LogP contribution is 2.29. The van der Waals surface area contributed by atoms with Crippen LogP contribution in [-0.2, 0) is 30.8 Å². The number of nitrogens with one attached hydrogen (secondary N) is 1. The third-order valence-electron chi connectivity index (χ3n) is 4.91. The number of ether oxygens (including phenoxy) is 1. The van der Waals surface area contributed by atoms with Gasteiger partial charge in [-0.3, -0.25) is 14.4 Å². The van der Waals surface area contributed by atoms with Gasteiger partial charge in [-0.15, -0.1) is 0 Å². The monoisotopic (exact) mass is 356 g/mol. The number of fused-ring (bicyclic) bond motifs is 2. The van der Waals surface area contributed by atoms with Gasteiger partial charge >= 0.3 is 0 Å². The number of hydrogen-bond acceptors (Lipinski definition) is 6. The van der Waals surface area contributed by atoms with Gasteiger partial charge < -0.3 is 10.1 Å². The molecule has 2 aromatic rings. The van der Waals surface area contributed by atoms with Gasteiger partial charge in [-0.2, -0.15) is 10.1 Å². The summed E-state index contributed by atoms with van der Waals surface area (Å²) in [4.78, 5) is 22.3. The number of rotatable bonds is 4. The summed E-state index contributed by atoms with van der Waals surface area (Å²) < 4.78 is 8.11. The van der Waals surface area contributed by atoms with E-state index in [1.165, 1.54) is 12.6 Å². The highest BCUT2D eigenvalue weighted by Gasteiger charge is 2.29. The summed E-state index contributed by atoms with van der Waals surface area (Å²) in [6, 6.07) is 2.07. The molecule has 1 N–H and O–H groups in total. The normalized spacial score (nSPS) is 19.0. The van der Waals surface area contributed by atoms with Gasteiger partial charge in [0.2, 0.25) is 11.8 Å². The Morgan fingerprint density at radius 3 is 3.00 bits per heavy atom. The zero-order valence-corrected chi connectivity index (χ0v) is 15.4. The predicted octanol–water partition coefficient (Wildman–Crippen LogP) is 0.745. The molecule has 8 nitrogen and oxygen atoms in total. The van der Waals surface area contributed by atoms with Crippen molar-refractivity contribution < 1.29 is 9.53 Å². The Hall–Kier alpha value is -2.48. The zero-order chi connectivity index (χ0) is 18.3. The highest BCUT2D eigenvalue weighted by molar-refractivity contribution is 5.72. The molecular weight excluding hydrogens is 332 g/mol. The molecule has 138 valence electrons. The van der Waals surface area contributed by atoms with Crippen LogP contribution >= 0.6 is 0 Å². The van der Waals surface area contributed by atoms with Crippen molar-refractivity contribution >= 4 is 5.91 Å². The molecule has 0 aromatic carbocycles. The minimum Gasteiger partial charge on any atom is -0.472 e. The van der Waals surface area contributed by atoms with E-state index >= 15 is 0 Å². The molecule has 4 rings (SSSR count). The van der Waals surface area contributed by atoms with Crippen LogP contribution in [0.4, 0.5) is 0 Å². The van der Waals surface area contributed by atoms with Crippen molar-refractivity contribution in [2.75, 3.05) is 13.1 Å². The van der Waals surface area contributed by atoms with E-state index in [1.807, 2.05) is 18.5 Å². The van der Waals surface area contributed by atoms with Gasteiger partial charge in [-0.1, -0.05) is 0 Å². The number of carbonyl (C=O) groups excluding carboxylic acids is 1. The fraction of sp³-hybridized carbons (Fsp3) is 0.556. The summed E-state index contributed by atoms with van der Waals surface area (Å²) in [6.07, 6.45) is 0.985. The Morgan fingerprint density at radius 1 is 1.35 bits per heavy atom. The average molecular weight is 356 g/mol. The fourth-order valence-corrected chi connectivity index (χ4v) is 3.69. The summed E-state index contributed by atoms with van der Waals surface area (Å²) >= 11 is 0. The van der Waals surface area contributed by atoms with Crippen molar-refractivity contribution in [3.8, 4) is 5.88 Å². The topological polar surface area (TPSA) is 85.2 Å². The Kier molecular flexibility index (Phi) is 4.36. The van der Waals surface area contributed by atoms with E-state index in [4.69, 9.17) is 4.74 Å². The largest absolute Gasteiger partial charge is 0.472 e. The molecule has 0 fully saturated rings. The van der Waals surface area contributed by atoms with Gasteiger partial charge in [0.05, 0.1) is 24.5 Å². The van der Waals surface area contributed by atoms with Crippen molar-refractivity contribution in [1.82, 2.24) is 30.0 Å². The first-order valence-corrected chi connectivity index (χ1v) is 9.01. The van der Waals surface area contributed by atoms with Crippen LogP contribution in [0.3, 0.4) is 0 Å². The maximum atomic E-state index is 11.1. The van der Waals surface area contributed by atoms with Gasteiger partial charge in [-0.25, -0.2) is 4.98 Å². The van der Waals surface area contributed by atoms with Crippen molar-refractivity contribution in [2.45, 2.75) is 52.9 Å². The smallest absolute Gasteiger partial charge is 0.220 e. The van der Waals surface area contributed by atoms with Crippen LogP contribution < -0.4 is 10.1 Å². The fourth-order valence-electron chi connectivity index (χ4n) is 3.69. The van der Waals surface area contributed by atoms with Crippen molar-refractivity contribution in [2.24, 2.45) is 0 Å². The molecule has 1 unspecified atom stereocenters. The lowest BCUT2D eigenvalue weighted by Crippen LogP contribution is -2.40. The van der Waals surface area contributed by atoms with Crippen molar-refractivity contribution in [1.29, 1.82) is 0 Å². The molecule has 2 aliphatic rings. The molecule has 0 radical (unpaired) electrons. The van der Waals surface area contributed by atoms with E-state index in [1.54, 1.807) is 0 Å². The summed E-state index contributed by atoms with van der Waals surface area (Å²) in [6.45, 7) is 9.41. The predicted molar refractivity (Wildman–Crippen MR) is 94.7 cm³/mol. The van der Waals surface area contributed by atoms with Crippen LogP contribution in [-0.4, -0.2) is 49.7 Å². The van der Waals surface area contributed by atoms with Gasteiger partial charge in [0.25, 0.3) is 0 Å². The second-order valence-electron chi connectivity index (χ2n) is 7.08. The van der Waals surface area contributed by atoms with Gasteiger partial charge in [0, 0.05) is 44.2 Å². The summed E-state index contributed by atoms with van der Waals surface area (Å²) in [5, 5.41) is 7.37. The Balaban J connectivity index is 1.38. The lowest BCUT2D eigenvalue weighted by Gasteiger charge is -2.29. The number of aromatic nitrogens is 4. The van der Waals surface area contributed by atoms with E-state index < -0.39 is 0 Å². The summed E-state index contributed by atoms with van der Waals surface area (Å²) in [5.41, 5.74) is 4.25. The van der Waals surface area contributed by atoms with Crippen LogP contribution in [0.5, 0.6) is 5.88 Å². The first kappa shape index (κ1) is 17.0. The van der Waals surface area contributed by atoms with Crippen LogP contribution in [0.1, 0.15) is 35.4 Å². The van der Waals surface area contributed by atoms with Crippen LogP contribution in [0.25, 0.3) is 0 Å². The quantitative estimate of drug-likeness (QED) is 0.870. The Morgan fingerprint density at radius 2 is 2.19 bits per heavy atom. The zero-order valence-electron chi connectivity index (χ0n) is 15.4. The van der Waals surface area contributed by atoms with Crippen LogP contribution in [0.15, 0.2) is 6.07 Å². The third-order valence-corrected chi connectivity index (χ3v) is 4.91. The van der Waals surface area contributed by atoms with E-state index in [0.29, 0.717) is 6.54 Å². The van der Waals surface area contributed by atoms with Crippen molar-refractivity contribution in [3.05, 3.63) is 34.5 Å². The lowest BCUT2D eigenvalue weighted by atomic mass is 10.1. The standard InChI is InChI=1S/C18H24N6O2/c1-11-17-7-16(26-18(17)21-12(2)20-11)10-23-4-5-24-15(9-23)6-14(22-24)8-19-13(3)25/h6,16H,4-5,7-10H2,1-3H3,(H,19,25). The van der Waals surface area contributed by atoms with Crippen molar-refractivity contribution in [3.63, 3.8) is 0 Å². The first-order chi connectivity index (χ1) is 12.5. The first-order valence-electron chi connectivity index (χ1n) is 9.01. The third kappa shape index (κ3) is 3.41. The minimum absolute atomic E-state index is 0.0378. The van der Waals surface area contributed by atoms with Crippen LogP contribution in [0, 0.1) is 13.8 Å². The highest BCUT2D eigenvalue weighted by atomic mass is 16.5. The number of hydrogen-bond donors (Lipinski definition) is 1. The van der Waals surface area contributed by atoms with E-state index in [9.17, 15) is 4.79 Å². The number of amides is 1. The molecule has 1 amide bonds. The van der Waals surface area contributed by atoms with Crippen LogP contribution in [0.2, 0.25) is 0 Å². The number of carbonyl (C=O) groups is 1. The summed E-state index contributed by atoms with van der Waals surface area (Å²) in [5.74, 6) is 1.47. The van der Waals surface area contributed by atoms with E-state index in [-0.39, 0.29) is 12.0 Å². The molecule has 2 aliphatic heterocycles.